The number of carbonyl (C=O) groups is 4. The summed E-state index contributed by atoms with van der Waals surface area (Å²) in [7, 11) is 0. The third-order valence-electron chi connectivity index (χ3n) is 7.94. The molecule has 266 valence electrons. The Kier molecular flexibility index (Phi) is 15.3. The largest absolute Gasteiger partial charge is 0.478 e. The van der Waals surface area contributed by atoms with Crippen molar-refractivity contribution in [1.82, 2.24) is 9.80 Å². The molecule has 1 saturated heterocycles. The smallest absolute Gasteiger partial charge is 0.328 e. The fourth-order valence-corrected chi connectivity index (χ4v) is 6.50. The highest BCUT2D eigenvalue weighted by atomic mass is 32.2. The highest BCUT2D eigenvalue weighted by Crippen LogP contribution is 2.44. The maximum atomic E-state index is 14.0. The summed E-state index contributed by atoms with van der Waals surface area (Å²) < 4.78 is 27.2. The van der Waals surface area contributed by atoms with Crippen LogP contribution in [0.3, 0.4) is 0 Å². The first kappa shape index (κ1) is 39.6. The highest BCUT2D eigenvalue weighted by molar-refractivity contribution is 7.99. The van der Waals surface area contributed by atoms with Crippen molar-refractivity contribution in [1.29, 1.82) is 0 Å². The van der Waals surface area contributed by atoms with Crippen LogP contribution in [0.15, 0.2) is 94.8 Å². The van der Waals surface area contributed by atoms with E-state index in [1.165, 1.54) is 27.1 Å². The number of piperazine rings is 1. The van der Waals surface area contributed by atoms with Crippen molar-refractivity contribution in [3.05, 3.63) is 119 Å². The summed E-state index contributed by atoms with van der Waals surface area (Å²) in [5.74, 6) is -4.90. The van der Waals surface area contributed by atoms with Crippen LogP contribution >= 0.6 is 11.8 Å². The molecule has 2 aliphatic heterocycles. The fraction of sp³-hybridized carbons (Fsp3) is 0.297. The molecule has 3 aromatic carbocycles. The predicted octanol–water partition coefficient (Wildman–Crippen LogP) is 6.12. The number of carboxylic acids is 4. The van der Waals surface area contributed by atoms with E-state index in [-0.39, 0.29) is 11.6 Å². The molecule has 10 nitrogen and oxygen atoms in total. The van der Waals surface area contributed by atoms with Crippen molar-refractivity contribution in [3.63, 3.8) is 0 Å². The van der Waals surface area contributed by atoms with E-state index in [0.717, 1.165) is 50.5 Å². The predicted molar refractivity (Wildman–Crippen MR) is 184 cm³/mol. The number of benzene rings is 3. The maximum Gasteiger partial charge on any atom is 0.328 e. The number of rotatable bonds is 9. The number of hydrogen-bond donors (Lipinski definition) is 4. The van der Waals surface area contributed by atoms with Crippen molar-refractivity contribution in [3.8, 4) is 0 Å². The molecule has 1 unspecified atom stereocenters. The Morgan fingerprint density at radius 3 is 1.80 bits per heavy atom. The number of nitrogens with zero attached hydrogens (tertiary/aromatic N) is 2. The van der Waals surface area contributed by atoms with Crippen molar-refractivity contribution in [2.75, 3.05) is 32.7 Å². The lowest BCUT2D eigenvalue weighted by atomic mass is 9.93. The molecule has 2 aliphatic rings. The monoisotopic (exact) mass is 710 g/mol. The Morgan fingerprint density at radius 2 is 1.28 bits per heavy atom. The summed E-state index contributed by atoms with van der Waals surface area (Å²) >= 11 is 1.71. The zero-order chi connectivity index (χ0) is 36.8. The molecular formula is C37H40F2N2O8S. The number of halogens is 2. The second-order valence-electron chi connectivity index (χ2n) is 11.8. The summed E-state index contributed by atoms with van der Waals surface area (Å²) in [6.45, 7) is 9.56. The standard InChI is InChI=1S/C29H32F2N2S.2C4H4O4/c1-20(2)22-6-10-28-26(17-22)27(18-23-5-9-25(31)19-29(23)34-28)33-15-13-32(14-16-33)12-11-21-3-7-24(30)8-4-21;2*5-3(6)1-2-4(7)8/h3-10,17,19-20,27H,11-16,18H2,1-2H3;2*1-2H,(H,5,6)(H,7,8)/b;2*2-1-. The fourth-order valence-electron chi connectivity index (χ4n) is 5.36. The zero-order valence-corrected chi connectivity index (χ0v) is 28.5. The molecule has 0 bridgehead atoms. The summed E-state index contributed by atoms with van der Waals surface area (Å²) in [5.41, 5.74) is 5.16. The Bertz CT molecular complexity index is 1640. The maximum absolute atomic E-state index is 14.0. The van der Waals surface area contributed by atoms with Crippen LogP contribution in [0.2, 0.25) is 0 Å². The lowest BCUT2D eigenvalue weighted by Crippen LogP contribution is -2.48. The lowest BCUT2D eigenvalue weighted by Gasteiger charge is -2.40. The number of hydrogen-bond acceptors (Lipinski definition) is 7. The molecule has 2 heterocycles. The van der Waals surface area contributed by atoms with Crippen LogP contribution in [0.5, 0.6) is 0 Å². The Morgan fingerprint density at radius 1 is 0.740 bits per heavy atom. The second-order valence-corrected chi connectivity index (χ2v) is 12.9. The average molecular weight is 711 g/mol. The molecule has 4 N–H and O–H groups in total. The van der Waals surface area contributed by atoms with Crippen LogP contribution < -0.4 is 0 Å². The van der Waals surface area contributed by atoms with Crippen molar-refractivity contribution in [2.24, 2.45) is 0 Å². The van der Waals surface area contributed by atoms with E-state index in [2.05, 4.69) is 41.8 Å². The van der Waals surface area contributed by atoms with Gasteiger partial charge in [0.2, 0.25) is 0 Å². The molecule has 3 aromatic rings. The number of fused-ring (bicyclic) bond motifs is 2. The van der Waals surface area contributed by atoms with Gasteiger partial charge in [-0.15, -0.1) is 0 Å². The van der Waals surface area contributed by atoms with E-state index < -0.39 is 23.9 Å². The Balaban J connectivity index is 0.000000352. The molecule has 50 heavy (non-hydrogen) atoms. The molecule has 0 aliphatic carbocycles. The van der Waals surface area contributed by atoms with E-state index in [9.17, 15) is 28.0 Å². The van der Waals surface area contributed by atoms with Crippen molar-refractivity contribution < 1.29 is 48.4 Å². The van der Waals surface area contributed by atoms with E-state index >= 15 is 0 Å². The van der Waals surface area contributed by atoms with Crippen LogP contribution in [0, 0.1) is 11.6 Å². The van der Waals surface area contributed by atoms with Gasteiger partial charge >= 0.3 is 23.9 Å². The SMILES string of the molecule is CC(C)c1ccc2c(c1)C(N1CCN(CCc3ccc(F)cc3)CC1)Cc1ccc(F)cc1S2.O=C(O)/C=C\C(=O)O.O=C(O)/C=C\C(=O)O. The summed E-state index contributed by atoms with van der Waals surface area (Å²) in [6.07, 6.45) is 4.09. The molecular weight excluding hydrogens is 670 g/mol. The molecule has 1 fully saturated rings. The van der Waals surface area contributed by atoms with E-state index in [1.54, 1.807) is 36.0 Å². The van der Waals surface area contributed by atoms with Gasteiger partial charge in [0.15, 0.2) is 0 Å². The normalized spacial score (nSPS) is 16.0. The molecule has 13 heteroatoms. The van der Waals surface area contributed by atoms with Gasteiger partial charge in [0.05, 0.1) is 0 Å². The van der Waals surface area contributed by atoms with Gasteiger partial charge in [-0.2, -0.15) is 0 Å². The van der Waals surface area contributed by atoms with Gasteiger partial charge in [0.1, 0.15) is 11.6 Å². The van der Waals surface area contributed by atoms with Gasteiger partial charge in [-0.1, -0.05) is 55.9 Å². The summed E-state index contributed by atoms with van der Waals surface area (Å²) in [5, 5.41) is 31.2. The first-order valence-corrected chi connectivity index (χ1v) is 16.6. The van der Waals surface area contributed by atoms with Gasteiger partial charge in [-0.05, 0) is 71.3 Å². The van der Waals surface area contributed by atoms with Crippen molar-refractivity contribution >= 4 is 35.6 Å². The van der Waals surface area contributed by atoms with Gasteiger partial charge in [0.25, 0.3) is 0 Å². The van der Waals surface area contributed by atoms with Gasteiger partial charge in [-0.3, -0.25) is 4.90 Å². The molecule has 0 aromatic heterocycles. The molecule has 0 spiro atoms. The first-order chi connectivity index (χ1) is 23.7. The van der Waals surface area contributed by atoms with Gasteiger partial charge < -0.3 is 25.3 Å². The van der Waals surface area contributed by atoms with Crippen LogP contribution in [-0.4, -0.2) is 86.8 Å². The Labute approximate surface area is 293 Å². The third kappa shape index (κ3) is 13.2. The minimum Gasteiger partial charge on any atom is -0.478 e. The van der Waals surface area contributed by atoms with Crippen LogP contribution in [0.1, 0.15) is 48.1 Å². The summed E-state index contributed by atoms with van der Waals surface area (Å²) in [6, 6.07) is 19.3. The van der Waals surface area contributed by atoms with Crippen LogP contribution in [0.25, 0.3) is 0 Å². The van der Waals surface area contributed by atoms with Crippen LogP contribution in [-0.2, 0) is 32.0 Å². The van der Waals surface area contributed by atoms with Crippen molar-refractivity contribution in [2.45, 2.75) is 48.4 Å². The molecule has 1 atom stereocenters. The summed E-state index contributed by atoms with van der Waals surface area (Å²) in [4.78, 5) is 45.6. The minimum absolute atomic E-state index is 0.167. The topological polar surface area (TPSA) is 156 Å². The number of carboxylic acid groups (broad SMARTS) is 4. The molecule has 0 amide bonds. The van der Waals surface area contributed by atoms with E-state index in [0.29, 0.717) is 36.3 Å². The average Bonchev–Trinajstić information content (AvgIpc) is 3.23. The Hall–Kier alpha value is -4.85. The number of aliphatic carboxylic acids is 4. The zero-order valence-electron chi connectivity index (χ0n) is 27.7. The van der Waals surface area contributed by atoms with Crippen LogP contribution in [0.4, 0.5) is 8.78 Å². The molecule has 5 rings (SSSR count). The lowest BCUT2D eigenvalue weighted by molar-refractivity contribution is -0.134. The first-order valence-electron chi connectivity index (χ1n) is 15.8. The second kappa shape index (κ2) is 19.4. The van der Waals surface area contributed by atoms with Gasteiger partial charge in [-0.25, -0.2) is 28.0 Å². The van der Waals surface area contributed by atoms with Gasteiger partial charge in [0, 0.05) is 72.9 Å². The quantitative estimate of drug-likeness (QED) is 0.190. The third-order valence-corrected chi connectivity index (χ3v) is 9.13. The van der Waals surface area contributed by atoms with E-state index in [4.69, 9.17) is 20.4 Å². The molecule has 0 saturated carbocycles. The highest BCUT2D eigenvalue weighted by Gasteiger charge is 2.30. The minimum atomic E-state index is -1.26. The molecule has 0 radical (unpaired) electrons. The van der Waals surface area contributed by atoms with E-state index in [1.807, 2.05) is 18.2 Å².